The lowest BCUT2D eigenvalue weighted by molar-refractivity contribution is -0.118. The van der Waals surface area contributed by atoms with Crippen LogP contribution in [0.1, 0.15) is 18.1 Å². The number of urea groups is 1. The predicted octanol–water partition coefficient (Wildman–Crippen LogP) is 3.97. The van der Waals surface area contributed by atoms with Crippen LogP contribution in [0.15, 0.2) is 78.9 Å². The van der Waals surface area contributed by atoms with E-state index >= 15 is 0 Å². The SMILES string of the molecule is CCc1ccccc1NC(=O)C(Cc1ccccc1)NC(=O)N1CC(=O)Nc2ccccc21. The standard InChI is InChI=1S/C26H26N4O3/c1-2-19-12-6-7-13-20(19)28-25(32)22(16-18-10-4-3-5-11-18)29-26(33)30-17-24(31)27-21-14-8-9-15-23(21)30/h3-15,22H,2,16-17H2,1H3,(H,27,31)(H,28,32)(H,29,33). The molecule has 0 bridgehead atoms. The molecule has 0 aliphatic carbocycles. The molecule has 3 aromatic rings. The van der Waals surface area contributed by atoms with Crippen LogP contribution in [-0.2, 0) is 22.4 Å². The summed E-state index contributed by atoms with van der Waals surface area (Å²) in [5.74, 6) is -0.604. The number of anilines is 3. The quantitative estimate of drug-likeness (QED) is 0.540. The molecule has 1 atom stereocenters. The van der Waals surface area contributed by atoms with Crippen molar-refractivity contribution >= 4 is 34.9 Å². The van der Waals surface area contributed by atoms with Crippen LogP contribution >= 0.6 is 0 Å². The number of amides is 4. The predicted molar refractivity (Wildman–Crippen MR) is 129 cm³/mol. The van der Waals surface area contributed by atoms with Crippen molar-refractivity contribution in [3.05, 3.63) is 90.0 Å². The van der Waals surface area contributed by atoms with Crippen molar-refractivity contribution < 1.29 is 14.4 Å². The van der Waals surface area contributed by atoms with Gasteiger partial charge in [0.15, 0.2) is 0 Å². The van der Waals surface area contributed by atoms with Crippen LogP contribution in [0.4, 0.5) is 21.9 Å². The molecule has 0 saturated heterocycles. The van der Waals surface area contributed by atoms with E-state index in [-0.39, 0.29) is 18.4 Å². The summed E-state index contributed by atoms with van der Waals surface area (Å²) in [6.45, 7) is 1.90. The fourth-order valence-electron chi connectivity index (χ4n) is 3.87. The molecule has 0 spiro atoms. The van der Waals surface area contributed by atoms with Crippen molar-refractivity contribution in [1.82, 2.24) is 5.32 Å². The van der Waals surface area contributed by atoms with Gasteiger partial charge < -0.3 is 16.0 Å². The lowest BCUT2D eigenvalue weighted by Crippen LogP contribution is -2.53. The maximum Gasteiger partial charge on any atom is 0.323 e. The van der Waals surface area contributed by atoms with Gasteiger partial charge in [0.25, 0.3) is 0 Å². The number of rotatable bonds is 6. The summed E-state index contributed by atoms with van der Waals surface area (Å²) in [6.07, 6.45) is 1.08. The highest BCUT2D eigenvalue weighted by atomic mass is 16.2. The van der Waals surface area contributed by atoms with E-state index in [1.807, 2.05) is 61.5 Å². The average Bonchev–Trinajstić information content (AvgIpc) is 2.84. The largest absolute Gasteiger partial charge is 0.326 e. The smallest absolute Gasteiger partial charge is 0.323 e. The van der Waals surface area contributed by atoms with Crippen LogP contribution < -0.4 is 20.9 Å². The molecular formula is C26H26N4O3. The van der Waals surface area contributed by atoms with Gasteiger partial charge in [-0.15, -0.1) is 0 Å². The van der Waals surface area contributed by atoms with Gasteiger partial charge >= 0.3 is 6.03 Å². The second kappa shape index (κ2) is 9.99. The third kappa shape index (κ3) is 5.20. The maximum absolute atomic E-state index is 13.3. The number of para-hydroxylation sites is 3. The molecule has 0 fully saturated rings. The van der Waals surface area contributed by atoms with Crippen LogP contribution in [0.5, 0.6) is 0 Å². The van der Waals surface area contributed by atoms with Gasteiger partial charge in [0.1, 0.15) is 12.6 Å². The Kier molecular flexibility index (Phi) is 6.69. The second-order valence-electron chi connectivity index (χ2n) is 7.84. The molecule has 0 aromatic heterocycles. The van der Waals surface area contributed by atoms with E-state index in [0.717, 1.165) is 23.2 Å². The van der Waals surface area contributed by atoms with Crippen LogP contribution in [0.2, 0.25) is 0 Å². The first-order valence-corrected chi connectivity index (χ1v) is 10.9. The fourth-order valence-corrected chi connectivity index (χ4v) is 3.87. The molecule has 7 heteroatoms. The molecule has 4 amide bonds. The highest BCUT2D eigenvalue weighted by molar-refractivity contribution is 6.10. The van der Waals surface area contributed by atoms with Crippen LogP contribution in [0, 0.1) is 0 Å². The fraction of sp³-hybridized carbons (Fsp3) is 0.192. The Morgan fingerprint density at radius 2 is 1.67 bits per heavy atom. The lowest BCUT2D eigenvalue weighted by atomic mass is 10.0. The van der Waals surface area contributed by atoms with Crippen LogP contribution in [0.25, 0.3) is 0 Å². The molecule has 1 aliphatic heterocycles. The van der Waals surface area contributed by atoms with E-state index in [1.54, 1.807) is 24.3 Å². The molecule has 4 rings (SSSR count). The molecule has 0 radical (unpaired) electrons. The molecule has 1 aliphatic rings. The minimum Gasteiger partial charge on any atom is -0.326 e. The Morgan fingerprint density at radius 3 is 2.45 bits per heavy atom. The van der Waals surface area contributed by atoms with E-state index in [0.29, 0.717) is 17.8 Å². The van der Waals surface area contributed by atoms with Crippen LogP contribution in [-0.4, -0.2) is 30.4 Å². The van der Waals surface area contributed by atoms with Gasteiger partial charge in [-0.05, 0) is 35.7 Å². The second-order valence-corrected chi connectivity index (χ2v) is 7.84. The third-order valence-electron chi connectivity index (χ3n) is 5.57. The zero-order valence-electron chi connectivity index (χ0n) is 18.4. The number of nitrogens with zero attached hydrogens (tertiary/aromatic N) is 1. The van der Waals surface area contributed by atoms with E-state index in [4.69, 9.17) is 0 Å². The summed E-state index contributed by atoms with van der Waals surface area (Å²) in [6, 6.07) is 22.9. The molecule has 3 aromatic carbocycles. The number of carbonyl (C=O) groups excluding carboxylic acids is 3. The maximum atomic E-state index is 13.3. The van der Waals surface area contributed by atoms with E-state index < -0.39 is 12.1 Å². The van der Waals surface area contributed by atoms with Gasteiger partial charge in [-0.2, -0.15) is 0 Å². The third-order valence-corrected chi connectivity index (χ3v) is 5.57. The minimum atomic E-state index is -0.832. The first-order chi connectivity index (χ1) is 16.0. The van der Waals surface area contributed by atoms with Gasteiger partial charge in [0.05, 0.1) is 11.4 Å². The normalized spacial score (nSPS) is 13.5. The van der Waals surface area contributed by atoms with E-state index in [1.165, 1.54) is 4.90 Å². The van der Waals surface area contributed by atoms with E-state index in [9.17, 15) is 14.4 Å². The topological polar surface area (TPSA) is 90.5 Å². The number of hydrogen-bond donors (Lipinski definition) is 3. The van der Waals surface area contributed by atoms with Gasteiger partial charge in [-0.1, -0.05) is 67.6 Å². The molecule has 7 nitrogen and oxygen atoms in total. The molecule has 3 N–H and O–H groups in total. The highest BCUT2D eigenvalue weighted by Gasteiger charge is 2.30. The molecule has 168 valence electrons. The monoisotopic (exact) mass is 442 g/mol. The summed E-state index contributed by atoms with van der Waals surface area (Å²) < 4.78 is 0. The van der Waals surface area contributed by atoms with Crippen molar-refractivity contribution in [2.75, 3.05) is 22.1 Å². The first-order valence-electron chi connectivity index (χ1n) is 10.9. The van der Waals surface area contributed by atoms with Gasteiger partial charge in [-0.3, -0.25) is 14.5 Å². The molecular weight excluding hydrogens is 416 g/mol. The summed E-state index contributed by atoms with van der Waals surface area (Å²) in [5.41, 5.74) is 3.80. The zero-order chi connectivity index (χ0) is 23.2. The van der Waals surface area contributed by atoms with Gasteiger partial charge in [-0.25, -0.2) is 4.79 Å². The summed E-state index contributed by atoms with van der Waals surface area (Å²) in [7, 11) is 0. The first kappa shape index (κ1) is 22.1. The molecule has 1 unspecified atom stereocenters. The summed E-state index contributed by atoms with van der Waals surface area (Å²) in [5, 5.41) is 8.58. The van der Waals surface area contributed by atoms with Gasteiger partial charge in [0.2, 0.25) is 11.8 Å². The van der Waals surface area contributed by atoms with Gasteiger partial charge in [0, 0.05) is 12.1 Å². The number of nitrogens with one attached hydrogen (secondary N) is 3. The van der Waals surface area contributed by atoms with Crippen molar-refractivity contribution in [3.8, 4) is 0 Å². The zero-order valence-corrected chi connectivity index (χ0v) is 18.4. The minimum absolute atomic E-state index is 0.124. The number of benzene rings is 3. The Bertz CT molecular complexity index is 1160. The molecule has 0 saturated carbocycles. The Balaban J connectivity index is 1.58. The van der Waals surface area contributed by atoms with Crippen molar-refractivity contribution in [2.24, 2.45) is 0 Å². The lowest BCUT2D eigenvalue weighted by Gasteiger charge is -2.30. The van der Waals surface area contributed by atoms with Crippen molar-refractivity contribution in [1.29, 1.82) is 0 Å². The molecule has 1 heterocycles. The summed E-state index contributed by atoms with van der Waals surface area (Å²) in [4.78, 5) is 40.0. The summed E-state index contributed by atoms with van der Waals surface area (Å²) >= 11 is 0. The van der Waals surface area contributed by atoms with Crippen molar-refractivity contribution in [2.45, 2.75) is 25.8 Å². The van der Waals surface area contributed by atoms with Crippen molar-refractivity contribution in [3.63, 3.8) is 0 Å². The number of aryl methyl sites for hydroxylation is 1. The average molecular weight is 443 g/mol. The molecule has 33 heavy (non-hydrogen) atoms. The Morgan fingerprint density at radius 1 is 0.970 bits per heavy atom. The Labute approximate surface area is 192 Å². The number of hydrogen-bond acceptors (Lipinski definition) is 3. The van der Waals surface area contributed by atoms with Crippen LogP contribution in [0.3, 0.4) is 0 Å². The highest BCUT2D eigenvalue weighted by Crippen LogP contribution is 2.29. The van der Waals surface area contributed by atoms with E-state index in [2.05, 4.69) is 16.0 Å². The number of fused-ring (bicyclic) bond motifs is 1. The number of carbonyl (C=O) groups is 3. The Hall–Kier alpha value is -4.13.